The summed E-state index contributed by atoms with van der Waals surface area (Å²) in [6.45, 7) is 13.7. The van der Waals surface area contributed by atoms with Gasteiger partial charge in [0, 0.05) is 17.1 Å². The lowest BCUT2D eigenvalue weighted by atomic mass is 9.82. The third-order valence-electron chi connectivity index (χ3n) is 6.91. The SMILES string of the molecule is CCC(C)(C)c1ccc(N(c2ccc(OC)cc2)c2ccc(C(C)(C)CC)cc2)cc1. The average Bonchev–Trinajstić information content (AvgIpc) is 2.80. The third-order valence-corrected chi connectivity index (χ3v) is 6.91. The third kappa shape index (κ3) is 4.95. The molecule has 0 aromatic heterocycles. The zero-order valence-electron chi connectivity index (χ0n) is 20.2. The second-order valence-corrected chi connectivity index (χ2v) is 9.60. The van der Waals surface area contributed by atoms with Gasteiger partial charge in [-0.05, 0) is 83.3 Å². The van der Waals surface area contributed by atoms with Crippen molar-refractivity contribution >= 4 is 17.1 Å². The zero-order chi connectivity index (χ0) is 22.6. The van der Waals surface area contributed by atoms with Crippen molar-refractivity contribution < 1.29 is 4.74 Å². The zero-order valence-corrected chi connectivity index (χ0v) is 20.2. The number of nitrogens with zero attached hydrogens (tertiary/aromatic N) is 1. The van der Waals surface area contributed by atoms with Crippen LogP contribution in [0.4, 0.5) is 17.1 Å². The molecule has 0 atom stereocenters. The number of hydrogen-bond donors (Lipinski definition) is 0. The second kappa shape index (κ2) is 9.18. The van der Waals surface area contributed by atoms with Crippen LogP contribution >= 0.6 is 0 Å². The average molecular weight is 416 g/mol. The predicted octanol–water partition coefficient (Wildman–Crippen LogP) is 8.54. The van der Waals surface area contributed by atoms with Crippen molar-refractivity contribution in [3.8, 4) is 5.75 Å². The minimum absolute atomic E-state index is 0.177. The molecule has 2 nitrogen and oxygen atoms in total. The molecule has 0 saturated heterocycles. The van der Waals surface area contributed by atoms with E-state index in [0.717, 1.165) is 35.7 Å². The monoisotopic (exact) mass is 415 g/mol. The summed E-state index contributed by atoms with van der Waals surface area (Å²) in [5, 5.41) is 0. The molecular formula is C29H37NO. The number of ether oxygens (including phenoxy) is 1. The fourth-order valence-corrected chi connectivity index (χ4v) is 3.71. The summed E-state index contributed by atoms with van der Waals surface area (Å²) in [6.07, 6.45) is 2.23. The molecule has 0 aliphatic heterocycles. The summed E-state index contributed by atoms with van der Waals surface area (Å²) in [5.74, 6) is 0.865. The summed E-state index contributed by atoms with van der Waals surface area (Å²) < 4.78 is 5.37. The van der Waals surface area contributed by atoms with Crippen LogP contribution in [-0.4, -0.2) is 7.11 Å². The Kier molecular flexibility index (Phi) is 6.79. The molecule has 0 heterocycles. The van der Waals surface area contributed by atoms with Gasteiger partial charge < -0.3 is 9.64 Å². The summed E-state index contributed by atoms with van der Waals surface area (Å²) in [4.78, 5) is 2.31. The normalized spacial score (nSPS) is 12.0. The maximum atomic E-state index is 5.37. The predicted molar refractivity (Wildman–Crippen MR) is 134 cm³/mol. The first-order valence-corrected chi connectivity index (χ1v) is 11.4. The van der Waals surface area contributed by atoms with Gasteiger partial charge in [-0.15, -0.1) is 0 Å². The Balaban J connectivity index is 2.05. The summed E-state index contributed by atoms with van der Waals surface area (Å²) in [6, 6.07) is 26.3. The van der Waals surface area contributed by atoms with E-state index < -0.39 is 0 Å². The lowest BCUT2D eigenvalue weighted by Crippen LogP contribution is -2.17. The van der Waals surface area contributed by atoms with Gasteiger partial charge in [-0.25, -0.2) is 0 Å². The van der Waals surface area contributed by atoms with Gasteiger partial charge in [-0.1, -0.05) is 65.8 Å². The highest BCUT2D eigenvalue weighted by Crippen LogP contribution is 2.38. The molecule has 2 heteroatoms. The lowest BCUT2D eigenvalue weighted by molar-refractivity contribution is 0.415. The van der Waals surface area contributed by atoms with Crippen molar-refractivity contribution in [1.82, 2.24) is 0 Å². The van der Waals surface area contributed by atoms with E-state index in [4.69, 9.17) is 4.74 Å². The van der Waals surface area contributed by atoms with Crippen LogP contribution in [0.5, 0.6) is 5.75 Å². The van der Waals surface area contributed by atoms with Gasteiger partial charge in [0.25, 0.3) is 0 Å². The molecule has 0 fully saturated rings. The maximum Gasteiger partial charge on any atom is 0.119 e. The van der Waals surface area contributed by atoms with Crippen LogP contribution < -0.4 is 9.64 Å². The van der Waals surface area contributed by atoms with Crippen LogP contribution in [0.1, 0.15) is 65.5 Å². The second-order valence-electron chi connectivity index (χ2n) is 9.60. The molecule has 31 heavy (non-hydrogen) atoms. The van der Waals surface area contributed by atoms with E-state index in [0.29, 0.717) is 0 Å². The van der Waals surface area contributed by atoms with Crippen molar-refractivity contribution in [3.05, 3.63) is 83.9 Å². The minimum atomic E-state index is 0.177. The first kappa shape index (κ1) is 22.9. The van der Waals surface area contributed by atoms with E-state index >= 15 is 0 Å². The van der Waals surface area contributed by atoms with Crippen LogP contribution in [0.2, 0.25) is 0 Å². The first-order chi connectivity index (χ1) is 14.7. The van der Waals surface area contributed by atoms with E-state index in [-0.39, 0.29) is 10.8 Å². The number of anilines is 3. The van der Waals surface area contributed by atoms with Crippen LogP contribution in [0.25, 0.3) is 0 Å². The van der Waals surface area contributed by atoms with Crippen LogP contribution in [0, 0.1) is 0 Å². The largest absolute Gasteiger partial charge is 0.497 e. The van der Waals surface area contributed by atoms with Gasteiger partial charge in [0.2, 0.25) is 0 Å². The molecular weight excluding hydrogens is 378 g/mol. The Morgan fingerprint density at radius 2 is 0.903 bits per heavy atom. The quantitative estimate of drug-likeness (QED) is 0.365. The Bertz CT molecular complexity index is 907. The molecule has 0 amide bonds. The summed E-state index contributed by atoms with van der Waals surface area (Å²) in [7, 11) is 1.70. The first-order valence-electron chi connectivity index (χ1n) is 11.4. The Morgan fingerprint density at radius 1 is 0.581 bits per heavy atom. The van der Waals surface area contributed by atoms with Crippen molar-refractivity contribution in [2.24, 2.45) is 0 Å². The van der Waals surface area contributed by atoms with E-state index in [2.05, 4.69) is 107 Å². The summed E-state index contributed by atoms with van der Waals surface area (Å²) in [5.41, 5.74) is 6.52. The smallest absolute Gasteiger partial charge is 0.119 e. The van der Waals surface area contributed by atoms with Crippen molar-refractivity contribution in [2.45, 2.75) is 65.2 Å². The van der Waals surface area contributed by atoms with Crippen LogP contribution in [0.3, 0.4) is 0 Å². The Hall–Kier alpha value is -2.74. The van der Waals surface area contributed by atoms with E-state index in [1.807, 2.05) is 12.1 Å². The molecule has 0 spiro atoms. The van der Waals surface area contributed by atoms with Crippen molar-refractivity contribution in [3.63, 3.8) is 0 Å². The van der Waals surface area contributed by atoms with Crippen molar-refractivity contribution in [1.29, 1.82) is 0 Å². The number of rotatable bonds is 8. The molecule has 0 bridgehead atoms. The highest BCUT2D eigenvalue weighted by Gasteiger charge is 2.21. The molecule has 3 aromatic carbocycles. The van der Waals surface area contributed by atoms with E-state index in [9.17, 15) is 0 Å². The molecule has 0 aliphatic rings. The molecule has 0 saturated carbocycles. The van der Waals surface area contributed by atoms with Crippen molar-refractivity contribution in [2.75, 3.05) is 12.0 Å². The molecule has 3 aromatic rings. The molecule has 0 aliphatic carbocycles. The molecule has 0 N–H and O–H groups in total. The number of hydrogen-bond acceptors (Lipinski definition) is 2. The van der Waals surface area contributed by atoms with Gasteiger partial charge in [-0.2, -0.15) is 0 Å². The van der Waals surface area contributed by atoms with Gasteiger partial charge in [0.15, 0.2) is 0 Å². The minimum Gasteiger partial charge on any atom is -0.497 e. The topological polar surface area (TPSA) is 12.5 Å². The van der Waals surface area contributed by atoms with Gasteiger partial charge in [-0.3, -0.25) is 0 Å². The Morgan fingerprint density at radius 3 is 1.19 bits per heavy atom. The van der Waals surface area contributed by atoms with Crippen LogP contribution in [0.15, 0.2) is 72.8 Å². The van der Waals surface area contributed by atoms with Crippen LogP contribution in [-0.2, 0) is 10.8 Å². The molecule has 164 valence electrons. The van der Waals surface area contributed by atoms with Gasteiger partial charge in [0.05, 0.1) is 7.11 Å². The van der Waals surface area contributed by atoms with Gasteiger partial charge in [0.1, 0.15) is 5.75 Å². The lowest BCUT2D eigenvalue weighted by Gasteiger charge is -2.29. The molecule has 3 rings (SSSR count). The number of benzene rings is 3. The van der Waals surface area contributed by atoms with Gasteiger partial charge >= 0.3 is 0 Å². The van der Waals surface area contributed by atoms with E-state index in [1.165, 1.54) is 11.1 Å². The summed E-state index contributed by atoms with van der Waals surface area (Å²) >= 11 is 0. The highest BCUT2D eigenvalue weighted by molar-refractivity contribution is 5.77. The fourth-order valence-electron chi connectivity index (χ4n) is 3.71. The highest BCUT2D eigenvalue weighted by atomic mass is 16.5. The molecule has 0 unspecified atom stereocenters. The Labute approximate surface area is 188 Å². The maximum absolute atomic E-state index is 5.37. The molecule has 0 radical (unpaired) electrons. The fraction of sp³-hybridized carbons (Fsp3) is 0.379. The number of methoxy groups -OCH3 is 1. The standard InChI is InChI=1S/C29H37NO/c1-8-28(3,4)22-10-14-24(15-11-22)30(26-18-20-27(31-7)21-19-26)25-16-12-23(13-17-25)29(5,6)9-2/h10-21H,8-9H2,1-7H3. The van der Waals surface area contributed by atoms with E-state index in [1.54, 1.807) is 7.11 Å².